The number of carbonyl (C=O) groups excluding carboxylic acids is 1. The summed E-state index contributed by atoms with van der Waals surface area (Å²) in [5.41, 5.74) is 6.41. The van der Waals surface area contributed by atoms with Crippen molar-refractivity contribution in [3.63, 3.8) is 0 Å². The first kappa shape index (κ1) is 39.7. The highest BCUT2D eigenvalue weighted by Gasteiger charge is 2.55. The summed E-state index contributed by atoms with van der Waals surface area (Å²) in [6.07, 6.45) is 5.60. The summed E-state index contributed by atoms with van der Waals surface area (Å²) < 4.78 is 23.7. The summed E-state index contributed by atoms with van der Waals surface area (Å²) in [5, 5.41) is 10.0. The van der Waals surface area contributed by atoms with Crippen LogP contribution >= 0.6 is 0 Å². The molecule has 2 saturated heterocycles. The lowest BCUT2D eigenvalue weighted by molar-refractivity contribution is -0.157. The fourth-order valence-corrected chi connectivity index (χ4v) is 9.09. The van der Waals surface area contributed by atoms with Crippen molar-refractivity contribution in [3.8, 4) is 0 Å². The molecule has 0 spiro atoms. The van der Waals surface area contributed by atoms with Crippen LogP contribution in [0.3, 0.4) is 0 Å². The number of rotatable bonds is 15. The van der Waals surface area contributed by atoms with Gasteiger partial charge in [0.25, 0.3) is 0 Å². The van der Waals surface area contributed by atoms with Crippen molar-refractivity contribution in [2.24, 2.45) is 0 Å². The molecule has 12 heteroatoms. The van der Waals surface area contributed by atoms with Gasteiger partial charge in [0.1, 0.15) is 31.6 Å². The van der Waals surface area contributed by atoms with Crippen LogP contribution in [0.4, 0.5) is 4.79 Å². The maximum atomic E-state index is 15.7. The zero-order chi connectivity index (χ0) is 40.3. The highest BCUT2D eigenvalue weighted by molar-refractivity contribution is 6.76. The van der Waals surface area contributed by atoms with Gasteiger partial charge in [-0.15, -0.1) is 0 Å². The molecule has 2 aliphatic heterocycles. The molecule has 2 fully saturated rings. The summed E-state index contributed by atoms with van der Waals surface area (Å²) in [6.45, 7) is 13.6. The zero-order valence-corrected chi connectivity index (χ0v) is 35.3. The summed E-state index contributed by atoms with van der Waals surface area (Å²) in [6, 6.07) is 36.0. The van der Waals surface area contributed by atoms with Crippen LogP contribution in [-0.4, -0.2) is 85.1 Å². The fraction of sp³-hybridized carbons (Fsp3) is 0.391. The maximum Gasteiger partial charge on any atom is 0.321 e. The number of hydrogen-bond donors (Lipinski definition) is 0. The van der Waals surface area contributed by atoms with Gasteiger partial charge in [0, 0.05) is 33.2 Å². The molecule has 58 heavy (non-hydrogen) atoms. The third-order valence-electron chi connectivity index (χ3n) is 11.2. The van der Waals surface area contributed by atoms with E-state index < -0.39 is 26.1 Å². The van der Waals surface area contributed by atoms with E-state index in [9.17, 15) is 0 Å². The summed E-state index contributed by atoms with van der Waals surface area (Å²) in [7, 11) is -1.20. The molecule has 8 rings (SSSR count). The number of fused-ring (bicyclic) bond motifs is 2. The van der Waals surface area contributed by atoms with E-state index in [2.05, 4.69) is 126 Å². The molecule has 0 unspecified atom stereocenters. The quantitative estimate of drug-likeness (QED) is 0.0764. The van der Waals surface area contributed by atoms with Crippen LogP contribution in [0.1, 0.15) is 41.7 Å². The van der Waals surface area contributed by atoms with Gasteiger partial charge in [-0.2, -0.15) is 10.2 Å². The van der Waals surface area contributed by atoms with Crippen LogP contribution < -0.4 is 0 Å². The van der Waals surface area contributed by atoms with E-state index >= 15 is 4.79 Å². The van der Waals surface area contributed by atoms with Crippen molar-refractivity contribution in [1.29, 1.82) is 0 Å². The molecule has 4 aromatic carbocycles. The van der Waals surface area contributed by atoms with E-state index in [0.29, 0.717) is 39.2 Å². The summed E-state index contributed by atoms with van der Waals surface area (Å²) in [4.78, 5) is 23.9. The average Bonchev–Trinajstić information content (AvgIpc) is 3.94. The number of hydrogen-bond acceptors (Lipinski definition) is 7. The lowest BCUT2D eigenvalue weighted by Gasteiger charge is -2.37. The standard InChI is InChI=1S/C46H55N7O4Si/c1-46(2)56-43-41(25-34-13-8-6-9-14-34)51(29-37-18-12-17-36(23-37)28-50-32-47-31-49-50)45(54)52(42(44(43)57-46)26-35-15-10-7-11-16-35)30-38-19-20-40-39(24-38)27-48-53(40)33-55-21-22-58(3,4)5/h6-20,23-24,27,31-32,41-44H,21-22,25-26,28-30,33H2,1-5H3/t41-,42-,43+,44+/m1/s1. The van der Waals surface area contributed by atoms with Gasteiger partial charge < -0.3 is 24.0 Å². The van der Waals surface area contributed by atoms with Crippen molar-refractivity contribution in [1.82, 2.24) is 34.3 Å². The molecule has 0 radical (unpaired) electrons. The number of benzene rings is 4. The molecule has 302 valence electrons. The Bertz CT molecular complexity index is 2280. The van der Waals surface area contributed by atoms with E-state index in [1.165, 1.54) is 0 Å². The van der Waals surface area contributed by atoms with Gasteiger partial charge in [0.15, 0.2) is 5.79 Å². The molecule has 4 atom stereocenters. The van der Waals surface area contributed by atoms with Crippen LogP contribution in [0.15, 0.2) is 122 Å². The van der Waals surface area contributed by atoms with E-state index in [4.69, 9.17) is 14.2 Å². The number of nitrogens with zero attached hydrogens (tertiary/aromatic N) is 7. The van der Waals surface area contributed by atoms with Gasteiger partial charge in [-0.3, -0.25) is 0 Å². The maximum absolute atomic E-state index is 15.7. The second-order valence-corrected chi connectivity index (χ2v) is 23.0. The summed E-state index contributed by atoms with van der Waals surface area (Å²) >= 11 is 0. The lowest BCUT2D eigenvalue weighted by Crippen LogP contribution is -2.51. The smallest absolute Gasteiger partial charge is 0.321 e. The molecule has 0 saturated carbocycles. The number of urea groups is 1. The SMILES string of the molecule is CC1(C)O[C@@H]2[C@@H](O1)[C@@H](Cc1ccccc1)N(Cc1ccc3c(cnn3COCC[Si](C)(C)C)c1)C(=O)N(Cc1cccc(Cn3cncn3)c1)[C@@H]2Cc1ccccc1. The molecule has 2 aliphatic rings. The van der Waals surface area contributed by atoms with E-state index in [1.807, 2.05) is 51.3 Å². The molecule has 0 bridgehead atoms. The number of aromatic nitrogens is 5. The third kappa shape index (κ3) is 9.42. The second kappa shape index (κ2) is 17.0. The minimum absolute atomic E-state index is 0.0467. The second-order valence-electron chi connectivity index (χ2n) is 17.4. The van der Waals surface area contributed by atoms with Gasteiger partial charge in [0.2, 0.25) is 0 Å². The molecule has 6 aromatic rings. The average molecular weight is 798 g/mol. The van der Waals surface area contributed by atoms with Crippen molar-refractivity contribution in [2.75, 3.05) is 6.61 Å². The van der Waals surface area contributed by atoms with Gasteiger partial charge >= 0.3 is 6.03 Å². The predicted molar refractivity (Wildman–Crippen MR) is 228 cm³/mol. The largest absolute Gasteiger partial charge is 0.360 e. The minimum Gasteiger partial charge on any atom is -0.360 e. The highest BCUT2D eigenvalue weighted by atomic mass is 28.3. The van der Waals surface area contributed by atoms with Crippen LogP contribution in [0, 0.1) is 0 Å². The van der Waals surface area contributed by atoms with Crippen molar-refractivity contribution >= 4 is 25.0 Å². The highest BCUT2D eigenvalue weighted by Crippen LogP contribution is 2.40. The molecule has 2 aromatic heterocycles. The Morgan fingerprint density at radius 1 is 0.707 bits per heavy atom. The fourth-order valence-electron chi connectivity index (χ4n) is 8.34. The molecule has 0 N–H and O–H groups in total. The molecule has 0 aliphatic carbocycles. The Morgan fingerprint density at radius 3 is 1.88 bits per heavy atom. The van der Waals surface area contributed by atoms with Gasteiger partial charge in [-0.05, 0) is 72.7 Å². The first-order valence-corrected chi connectivity index (χ1v) is 24.1. The number of amides is 2. The van der Waals surface area contributed by atoms with E-state index in [-0.39, 0.29) is 18.1 Å². The number of ether oxygens (including phenoxy) is 3. The molecule has 2 amide bonds. The van der Waals surface area contributed by atoms with Gasteiger partial charge in [0.05, 0.1) is 30.3 Å². The number of carbonyl (C=O) groups is 1. The third-order valence-corrected chi connectivity index (χ3v) is 12.9. The molecular weight excluding hydrogens is 743 g/mol. The van der Waals surface area contributed by atoms with E-state index in [1.54, 1.807) is 12.7 Å². The van der Waals surface area contributed by atoms with Crippen molar-refractivity contribution in [3.05, 3.63) is 150 Å². The van der Waals surface area contributed by atoms with Crippen LogP contribution in [-0.2, 0) is 53.4 Å². The Morgan fingerprint density at radius 2 is 1.29 bits per heavy atom. The van der Waals surface area contributed by atoms with Crippen LogP contribution in [0.5, 0.6) is 0 Å². The van der Waals surface area contributed by atoms with Crippen molar-refractivity contribution < 1.29 is 19.0 Å². The minimum atomic E-state index is -1.20. The Labute approximate surface area is 342 Å². The Balaban J connectivity index is 1.17. The topological polar surface area (TPSA) is 99.8 Å². The zero-order valence-electron chi connectivity index (χ0n) is 34.3. The van der Waals surface area contributed by atoms with Gasteiger partial charge in [-0.25, -0.2) is 19.1 Å². The van der Waals surface area contributed by atoms with Gasteiger partial charge in [-0.1, -0.05) is 111 Å². The predicted octanol–water partition coefficient (Wildman–Crippen LogP) is 8.17. The Hall–Kier alpha value is -5.14. The van der Waals surface area contributed by atoms with Crippen LogP contribution in [0.25, 0.3) is 10.9 Å². The first-order valence-electron chi connectivity index (χ1n) is 20.4. The lowest BCUT2D eigenvalue weighted by atomic mass is 9.91. The first-order chi connectivity index (χ1) is 28.0. The molecular formula is C46H55N7O4Si. The molecule has 4 heterocycles. The normalized spacial score (nSPS) is 20.7. The Kier molecular flexibility index (Phi) is 11.6. The summed E-state index contributed by atoms with van der Waals surface area (Å²) in [5.74, 6) is -0.848. The molecule has 11 nitrogen and oxygen atoms in total. The van der Waals surface area contributed by atoms with Crippen molar-refractivity contribution in [2.45, 2.75) is 109 Å². The monoisotopic (exact) mass is 797 g/mol. The van der Waals surface area contributed by atoms with Crippen LogP contribution in [0.2, 0.25) is 25.7 Å². The van der Waals surface area contributed by atoms with E-state index in [0.717, 1.165) is 51.4 Å².